The fourth-order valence-electron chi connectivity index (χ4n) is 10.6. The number of halogens is 2. The van der Waals surface area contributed by atoms with Gasteiger partial charge in [-0.3, -0.25) is 19.6 Å². The molecule has 0 aliphatic carbocycles. The van der Waals surface area contributed by atoms with Crippen LogP contribution in [-0.2, 0) is 44.9 Å². The molecule has 12 nitrogen and oxygen atoms in total. The van der Waals surface area contributed by atoms with Crippen molar-refractivity contribution in [3.63, 3.8) is 0 Å². The van der Waals surface area contributed by atoms with E-state index < -0.39 is 0 Å². The molecule has 74 heavy (non-hydrogen) atoms. The van der Waals surface area contributed by atoms with Crippen LogP contribution in [0.15, 0.2) is 82.8 Å². The summed E-state index contributed by atoms with van der Waals surface area (Å²) in [5.41, 5.74) is 5.06. The molecule has 2 aromatic carbocycles. The lowest BCUT2D eigenvalue weighted by Gasteiger charge is -2.37. The van der Waals surface area contributed by atoms with Gasteiger partial charge in [0.15, 0.2) is 9.47 Å². The molecule has 1 aliphatic rings. The van der Waals surface area contributed by atoms with E-state index in [1.165, 1.54) is 22.3 Å². The number of hydrogen-bond donors (Lipinski definition) is 0. The number of aromatic nitrogens is 4. The summed E-state index contributed by atoms with van der Waals surface area (Å²) in [6.07, 6.45) is 13.6. The zero-order valence-electron chi connectivity index (χ0n) is 48.1. The molecule has 5 rings (SSSR count). The number of likely N-dealkylation sites (N-methyl/N-ethyl adjacent to an activating group) is 4. The summed E-state index contributed by atoms with van der Waals surface area (Å²) in [4.78, 5) is 18.8. The topological polar surface area (TPSA) is 85.5 Å². The van der Waals surface area contributed by atoms with Crippen molar-refractivity contribution >= 4 is 31.9 Å². The molecule has 8 atom stereocenters. The van der Waals surface area contributed by atoms with E-state index in [0.717, 1.165) is 87.3 Å². The van der Waals surface area contributed by atoms with Crippen molar-refractivity contribution in [2.24, 2.45) is 23.7 Å². The average Bonchev–Trinajstić information content (AvgIpc) is 3.93. The Morgan fingerprint density at radius 3 is 1.22 bits per heavy atom. The van der Waals surface area contributed by atoms with E-state index in [2.05, 4.69) is 217 Å². The van der Waals surface area contributed by atoms with Crippen molar-refractivity contribution in [1.29, 1.82) is 0 Å². The lowest BCUT2D eigenvalue weighted by Crippen LogP contribution is -2.47. The molecule has 0 unspecified atom stereocenters. The molecule has 1 fully saturated rings. The lowest BCUT2D eigenvalue weighted by molar-refractivity contribution is -0.0536. The first-order valence-electron chi connectivity index (χ1n) is 28.0. The zero-order chi connectivity index (χ0) is 53.9. The van der Waals surface area contributed by atoms with Crippen LogP contribution in [0.25, 0.3) is 0 Å². The van der Waals surface area contributed by atoms with Crippen LogP contribution < -0.4 is 0 Å². The molecule has 0 spiro atoms. The van der Waals surface area contributed by atoms with Gasteiger partial charge in [0.2, 0.25) is 0 Å². The maximum atomic E-state index is 7.21. The number of imidazole rings is 2. The second-order valence-corrected chi connectivity index (χ2v) is 25.2. The Kier molecular flexibility index (Phi) is 26.8. The smallest absolute Gasteiger partial charge is 0.177 e. The van der Waals surface area contributed by atoms with Gasteiger partial charge in [-0.1, -0.05) is 104 Å². The quantitative estimate of drug-likeness (QED) is 0.108. The van der Waals surface area contributed by atoms with Crippen LogP contribution in [0.1, 0.15) is 117 Å². The third-order valence-corrected chi connectivity index (χ3v) is 16.0. The van der Waals surface area contributed by atoms with Gasteiger partial charge >= 0.3 is 0 Å². The molecular weight excluding hydrogens is 1060 g/mol. The molecule has 3 heterocycles. The second kappa shape index (κ2) is 31.8. The summed E-state index contributed by atoms with van der Waals surface area (Å²) in [6, 6.07) is 19.0. The number of rotatable bonds is 16. The van der Waals surface area contributed by atoms with Gasteiger partial charge in [-0.25, -0.2) is 9.97 Å². The Hall–Kier alpha value is -2.50. The number of hydrogen-bond acceptors (Lipinski definition) is 10. The third-order valence-electron chi connectivity index (χ3n) is 14.7. The van der Waals surface area contributed by atoms with Crippen LogP contribution in [-0.4, -0.2) is 168 Å². The van der Waals surface area contributed by atoms with E-state index in [-0.39, 0.29) is 48.6 Å². The molecule has 0 bridgehead atoms. The molecule has 14 heteroatoms. The van der Waals surface area contributed by atoms with Crippen LogP contribution in [0.4, 0.5) is 0 Å². The Morgan fingerprint density at radius 2 is 0.824 bits per heavy atom. The van der Waals surface area contributed by atoms with Crippen LogP contribution in [0, 0.1) is 23.7 Å². The minimum absolute atomic E-state index is 0.00390. The fraction of sp³-hybridized carbons (Fsp3) is 0.700. The van der Waals surface area contributed by atoms with Gasteiger partial charge in [0.1, 0.15) is 0 Å². The van der Waals surface area contributed by atoms with Crippen LogP contribution >= 0.6 is 31.9 Å². The van der Waals surface area contributed by atoms with E-state index in [4.69, 9.17) is 18.9 Å². The largest absolute Gasteiger partial charge is 0.376 e. The highest BCUT2D eigenvalue weighted by molar-refractivity contribution is 9.10. The Morgan fingerprint density at radius 1 is 0.473 bits per heavy atom. The maximum Gasteiger partial charge on any atom is 0.177 e. The van der Waals surface area contributed by atoms with E-state index in [9.17, 15) is 0 Å². The molecule has 416 valence electrons. The summed E-state index contributed by atoms with van der Waals surface area (Å²) >= 11 is 7.20. The van der Waals surface area contributed by atoms with Crippen molar-refractivity contribution in [2.45, 2.75) is 169 Å². The third kappa shape index (κ3) is 22.1. The molecule has 2 aromatic heterocycles. The number of benzene rings is 2. The van der Waals surface area contributed by atoms with Crippen molar-refractivity contribution < 1.29 is 18.9 Å². The summed E-state index contributed by atoms with van der Waals surface area (Å²) < 4.78 is 34.1. The molecule has 0 radical (unpaired) electrons. The van der Waals surface area contributed by atoms with Gasteiger partial charge in [-0.2, -0.15) is 0 Å². The van der Waals surface area contributed by atoms with Gasteiger partial charge in [0.25, 0.3) is 0 Å². The second-order valence-electron chi connectivity index (χ2n) is 23.8. The van der Waals surface area contributed by atoms with Crippen molar-refractivity contribution in [3.8, 4) is 0 Å². The first kappa shape index (κ1) is 62.3. The van der Waals surface area contributed by atoms with E-state index in [1.807, 2.05) is 24.8 Å². The molecule has 0 saturated carbocycles. The molecule has 1 aliphatic heterocycles. The highest BCUT2D eigenvalue weighted by Crippen LogP contribution is 2.23. The normalized spacial score (nSPS) is 25.4. The molecule has 4 aromatic rings. The molecular formula is C60H98Br2N8O4. The molecule has 1 saturated heterocycles. The minimum Gasteiger partial charge on any atom is -0.376 e. The van der Waals surface area contributed by atoms with Crippen LogP contribution in [0.3, 0.4) is 0 Å². The van der Waals surface area contributed by atoms with Gasteiger partial charge in [-0.15, -0.1) is 0 Å². The Bertz CT molecular complexity index is 2130. The van der Waals surface area contributed by atoms with Gasteiger partial charge < -0.3 is 28.1 Å². The predicted molar refractivity (Wildman–Crippen MR) is 312 cm³/mol. The first-order chi connectivity index (χ1) is 35.2. The highest BCUT2D eigenvalue weighted by Gasteiger charge is 2.29. The number of nitrogens with zero attached hydrogens (tertiary/aromatic N) is 8. The predicted octanol–water partition coefficient (Wildman–Crippen LogP) is 11.5. The summed E-state index contributed by atoms with van der Waals surface area (Å²) in [6.45, 7) is 30.6. The van der Waals surface area contributed by atoms with E-state index >= 15 is 0 Å². The highest BCUT2D eigenvalue weighted by atomic mass is 79.9. The molecule has 0 N–H and O–H groups in total. The zero-order valence-corrected chi connectivity index (χ0v) is 51.3. The van der Waals surface area contributed by atoms with Gasteiger partial charge in [-0.05, 0) is 158 Å². The monoisotopic (exact) mass is 1150 g/mol. The summed E-state index contributed by atoms with van der Waals surface area (Å²) in [7, 11) is 9.09. The first-order valence-corrected chi connectivity index (χ1v) is 29.6. The van der Waals surface area contributed by atoms with E-state index in [0.29, 0.717) is 50.1 Å². The van der Waals surface area contributed by atoms with Crippen LogP contribution in [0.5, 0.6) is 0 Å². The Labute approximate surface area is 465 Å². The summed E-state index contributed by atoms with van der Waals surface area (Å²) in [5, 5.41) is 0. The van der Waals surface area contributed by atoms with E-state index in [1.54, 1.807) is 0 Å². The molecule has 0 amide bonds. The van der Waals surface area contributed by atoms with Crippen molar-refractivity contribution in [2.75, 3.05) is 80.8 Å². The average molecular weight is 1160 g/mol. The summed E-state index contributed by atoms with van der Waals surface area (Å²) in [5.74, 6) is 2.08. The SMILES string of the molecule is CC(C)C[C@H]1CO[C@H](C)CN(C)[C@@H](CC(C)C)CO[C@H](Cc2ccc(Cn3ccnc3Br)cc2)CN(C)[C@@H](CC(C)C)CO[C@H](C)CN(C)[C@@H](CC(C)C)CO[C@H](Cc2cccc(Cn3ccnc3Br)c2)CN1C. The van der Waals surface area contributed by atoms with Gasteiger partial charge in [0, 0.05) is 88.2 Å². The minimum atomic E-state index is -0.0152. The standard InChI is InChI=1S/C60H98Br2N8O4/c1-43(2)26-53-39-71-48(10)34-66(12)56(29-46(7)8)42-74-58(32-51-16-15-17-52(30-51)36-70-25-23-64-60(70)62)38-68(14)54(27-44(3)4)40-72-47(9)33-65(11)55(28-45(5)6)41-73-57(37-67(53)13)31-49-18-20-50(21-19-49)35-69-24-22-63-59(69)61/h15-25,30,43-48,53-58H,26-29,31-42H2,1-14H3/t47-,48-,53+,54+,55+,56+,57-,58-/m1/s1. The lowest BCUT2D eigenvalue weighted by atomic mass is 10.0. The Balaban J connectivity index is 1.42. The van der Waals surface area contributed by atoms with Gasteiger partial charge in [0.05, 0.1) is 50.8 Å². The maximum absolute atomic E-state index is 7.21. The number of ether oxygens (including phenoxy) is 4. The van der Waals surface area contributed by atoms with Crippen LogP contribution in [0.2, 0.25) is 0 Å². The van der Waals surface area contributed by atoms with Crippen molar-refractivity contribution in [1.82, 2.24) is 38.7 Å². The fourth-order valence-corrected chi connectivity index (χ4v) is 11.4. The van der Waals surface area contributed by atoms with Crippen molar-refractivity contribution in [3.05, 3.63) is 105 Å².